The zero-order valence-electron chi connectivity index (χ0n) is 11.6. The van der Waals surface area contributed by atoms with Gasteiger partial charge in [-0.3, -0.25) is 0 Å². The van der Waals surface area contributed by atoms with Crippen molar-refractivity contribution in [2.45, 2.75) is 70.9 Å². The van der Waals surface area contributed by atoms with E-state index in [1.807, 2.05) is 6.92 Å². The summed E-state index contributed by atoms with van der Waals surface area (Å²) in [4.78, 5) is 0. The van der Waals surface area contributed by atoms with Gasteiger partial charge in [0.2, 0.25) is 10.0 Å². The van der Waals surface area contributed by atoms with Gasteiger partial charge in [0.05, 0.1) is 11.9 Å². The summed E-state index contributed by atoms with van der Waals surface area (Å²) < 4.78 is 26.3. The van der Waals surface area contributed by atoms with Gasteiger partial charge in [-0.15, -0.1) is 0 Å². The molecule has 4 nitrogen and oxygen atoms in total. The lowest BCUT2D eigenvalue weighted by atomic mass is 10.1. The fourth-order valence-corrected chi connectivity index (χ4v) is 4.53. The van der Waals surface area contributed by atoms with Crippen molar-refractivity contribution in [3.05, 3.63) is 0 Å². The van der Waals surface area contributed by atoms with Crippen LogP contribution in [0.1, 0.15) is 58.8 Å². The van der Waals surface area contributed by atoms with Crippen LogP contribution in [-0.2, 0) is 10.0 Å². The van der Waals surface area contributed by atoms with Crippen molar-refractivity contribution in [2.24, 2.45) is 0 Å². The van der Waals surface area contributed by atoms with Gasteiger partial charge in [-0.05, 0) is 32.6 Å². The van der Waals surface area contributed by atoms with Gasteiger partial charge in [-0.1, -0.05) is 26.2 Å². The van der Waals surface area contributed by atoms with E-state index in [0.29, 0.717) is 13.0 Å². The third-order valence-corrected chi connectivity index (χ3v) is 5.55. The lowest BCUT2D eigenvalue weighted by Gasteiger charge is -2.30. The lowest BCUT2D eigenvalue weighted by Crippen LogP contribution is -2.42. The standard InChI is InChI=1S/C13H27NO3S/c1-3-4-10-18(16,17)14-9-7-5-6-8-13(14)11-12(2)15/h12-13,15H,3-11H2,1-2H3. The topological polar surface area (TPSA) is 57.6 Å². The highest BCUT2D eigenvalue weighted by molar-refractivity contribution is 7.89. The van der Waals surface area contributed by atoms with Crippen molar-refractivity contribution < 1.29 is 13.5 Å². The van der Waals surface area contributed by atoms with Gasteiger partial charge in [0, 0.05) is 12.6 Å². The first-order valence-corrected chi connectivity index (χ1v) is 8.76. The number of aliphatic hydroxyl groups excluding tert-OH is 1. The highest BCUT2D eigenvalue weighted by Gasteiger charge is 2.31. The van der Waals surface area contributed by atoms with E-state index in [1.54, 1.807) is 11.2 Å². The van der Waals surface area contributed by atoms with Crippen LogP contribution in [-0.4, -0.2) is 42.3 Å². The van der Waals surface area contributed by atoms with E-state index >= 15 is 0 Å². The average molecular weight is 277 g/mol. The van der Waals surface area contributed by atoms with E-state index in [2.05, 4.69) is 0 Å². The molecule has 0 radical (unpaired) electrons. The van der Waals surface area contributed by atoms with Gasteiger partial charge in [-0.25, -0.2) is 8.42 Å². The molecule has 0 amide bonds. The van der Waals surface area contributed by atoms with Crippen molar-refractivity contribution in [3.63, 3.8) is 0 Å². The normalized spacial score (nSPS) is 24.7. The number of sulfonamides is 1. The van der Waals surface area contributed by atoms with Crippen molar-refractivity contribution in [1.82, 2.24) is 4.31 Å². The fourth-order valence-electron chi connectivity index (χ4n) is 2.59. The quantitative estimate of drug-likeness (QED) is 0.809. The van der Waals surface area contributed by atoms with Gasteiger partial charge >= 0.3 is 0 Å². The molecular weight excluding hydrogens is 250 g/mol. The maximum absolute atomic E-state index is 12.3. The van der Waals surface area contributed by atoms with Crippen LogP contribution in [0.3, 0.4) is 0 Å². The molecule has 5 heteroatoms. The zero-order valence-corrected chi connectivity index (χ0v) is 12.5. The van der Waals surface area contributed by atoms with Crippen LogP contribution in [0.4, 0.5) is 0 Å². The highest BCUT2D eigenvalue weighted by Crippen LogP contribution is 2.24. The van der Waals surface area contributed by atoms with Gasteiger partial charge in [-0.2, -0.15) is 4.31 Å². The molecule has 1 aliphatic heterocycles. The minimum absolute atomic E-state index is 0.00523. The summed E-state index contributed by atoms with van der Waals surface area (Å²) in [6, 6.07) is -0.00523. The van der Waals surface area contributed by atoms with E-state index in [-0.39, 0.29) is 11.8 Å². The molecule has 1 aliphatic rings. The van der Waals surface area contributed by atoms with Crippen LogP contribution in [0, 0.1) is 0 Å². The van der Waals surface area contributed by atoms with Gasteiger partial charge in [0.25, 0.3) is 0 Å². The number of rotatable bonds is 6. The lowest BCUT2D eigenvalue weighted by molar-refractivity contribution is 0.147. The van der Waals surface area contributed by atoms with E-state index in [0.717, 1.165) is 38.5 Å². The Hall–Kier alpha value is -0.130. The molecule has 1 N–H and O–H groups in total. The molecule has 0 aliphatic carbocycles. The summed E-state index contributed by atoms with van der Waals surface area (Å²) in [5, 5.41) is 9.53. The molecular formula is C13H27NO3S. The van der Waals surface area contributed by atoms with Crippen LogP contribution in [0.5, 0.6) is 0 Å². The Labute approximate surface area is 111 Å². The molecule has 1 saturated heterocycles. The molecule has 108 valence electrons. The first kappa shape index (κ1) is 15.9. The predicted molar refractivity (Wildman–Crippen MR) is 74.0 cm³/mol. The molecule has 2 atom stereocenters. The highest BCUT2D eigenvalue weighted by atomic mass is 32.2. The number of hydrogen-bond acceptors (Lipinski definition) is 3. The van der Waals surface area contributed by atoms with Crippen molar-refractivity contribution in [2.75, 3.05) is 12.3 Å². The Balaban J connectivity index is 2.77. The molecule has 0 aromatic carbocycles. The molecule has 1 heterocycles. The van der Waals surface area contributed by atoms with Crippen LogP contribution in [0.15, 0.2) is 0 Å². The Bertz CT molecular complexity index is 327. The van der Waals surface area contributed by atoms with Crippen molar-refractivity contribution in [1.29, 1.82) is 0 Å². The Morgan fingerprint density at radius 2 is 2.06 bits per heavy atom. The molecule has 0 aromatic rings. The fraction of sp³-hybridized carbons (Fsp3) is 1.00. The summed E-state index contributed by atoms with van der Waals surface area (Å²) in [5.41, 5.74) is 0. The first-order chi connectivity index (χ1) is 8.47. The van der Waals surface area contributed by atoms with Gasteiger partial charge in [0.15, 0.2) is 0 Å². The average Bonchev–Trinajstić information content (AvgIpc) is 2.51. The SMILES string of the molecule is CCCCS(=O)(=O)N1CCCCCC1CC(C)O. The van der Waals surface area contributed by atoms with Crippen LogP contribution in [0.25, 0.3) is 0 Å². The molecule has 0 bridgehead atoms. The third kappa shape index (κ3) is 4.86. The smallest absolute Gasteiger partial charge is 0.214 e. The molecule has 0 spiro atoms. The van der Waals surface area contributed by atoms with Crippen molar-refractivity contribution in [3.8, 4) is 0 Å². The van der Waals surface area contributed by atoms with Crippen molar-refractivity contribution >= 4 is 10.0 Å². The number of aliphatic hydroxyl groups is 1. The van der Waals surface area contributed by atoms with Crippen LogP contribution >= 0.6 is 0 Å². The van der Waals surface area contributed by atoms with Gasteiger partial charge < -0.3 is 5.11 Å². The summed E-state index contributed by atoms with van der Waals surface area (Å²) in [5.74, 6) is 0.250. The van der Waals surface area contributed by atoms with Gasteiger partial charge in [0.1, 0.15) is 0 Å². The molecule has 1 fully saturated rings. The monoisotopic (exact) mass is 277 g/mol. The molecule has 18 heavy (non-hydrogen) atoms. The van der Waals surface area contributed by atoms with E-state index in [9.17, 15) is 13.5 Å². The summed E-state index contributed by atoms with van der Waals surface area (Å²) in [6.45, 7) is 4.37. The van der Waals surface area contributed by atoms with E-state index < -0.39 is 16.1 Å². The maximum Gasteiger partial charge on any atom is 0.214 e. The second-order valence-electron chi connectivity index (χ2n) is 5.37. The molecule has 1 rings (SSSR count). The molecule has 0 saturated carbocycles. The second kappa shape index (κ2) is 7.46. The third-order valence-electron chi connectivity index (χ3n) is 3.55. The largest absolute Gasteiger partial charge is 0.393 e. The number of unbranched alkanes of at least 4 members (excludes halogenated alkanes) is 1. The minimum atomic E-state index is -3.14. The molecule has 2 unspecified atom stereocenters. The number of nitrogens with zero attached hydrogens (tertiary/aromatic N) is 1. The first-order valence-electron chi connectivity index (χ1n) is 7.15. The van der Waals surface area contributed by atoms with Crippen LogP contribution in [0.2, 0.25) is 0 Å². The summed E-state index contributed by atoms with van der Waals surface area (Å²) in [6.07, 6.45) is 5.74. The second-order valence-corrected chi connectivity index (χ2v) is 7.41. The minimum Gasteiger partial charge on any atom is -0.393 e. The zero-order chi connectivity index (χ0) is 13.6. The summed E-state index contributed by atoms with van der Waals surface area (Å²) in [7, 11) is -3.14. The van der Waals surface area contributed by atoms with E-state index in [4.69, 9.17) is 0 Å². The Morgan fingerprint density at radius 1 is 1.33 bits per heavy atom. The Kier molecular flexibility index (Phi) is 6.60. The van der Waals surface area contributed by atoms with Crippen LogP contribution < -0.4 is 0 Å². The predicted octanol–water partition coefficient (Wildman–Crippen LogP) is 2.13. The van der Waals surface area contributed by atoms with E-state index in [1.165, 1.54) is 0 Å². The maximum atomic E-state index is 12.3. The Morgan fingerprint density at radius 3 is 2.67 bits per heavy atom. The summed E-state index contributed by atoms with van der Waals surface area (Å²) >= 11 is 0. The number of hydrogen-bond donors (Lipinski definition) is 1. The molecule has 0 aromatic heterocycles.